The fraction of sp³-hybridized carbons (Fsp3) is 0.333. The van der Waals surface area contributed by atoms with E-state index in [2.05, 4.69) is 0 Å². The van der Waals surface area contributed by atoms with Gasteiger partial charge in [-0.1, -0.05) is 17.7 Å². The van der Waals surface area contributed by atoms with E-state index in [0.717, 1.165) is 32.0 Å². The second kappa shape index (κ2) is 16.9. The van der Waals surface area contributed by atoms with E-state index >= 15 is 0 Å². The van der Waals surface area contributed by atoms with Gasteiger partial charge in [-0.15, -0.1) is 0 Å². The Hall–Kier alpha value is -4.17. The van der Waals surface area contributed by atoms with Gasteiger partial charge in [0, 0.05) is 5.56 Å². The molecular weight excluding hydrogens is 717 g/mol. The summed E-state index contributed by atoms with van der Waals surface area (Å²) in [4.78, 5) is 0. The van der Waals surface area contributed by atoms with Crippen LogP contribution in [0, 0.1) is 72.8 Å². The molecular formula is C36H33F15. The number of hydrogen-bond donors (Lipinski definition) is 0. The van der Waals surface area contributed by atoms with Crippen LogP contribution in [0.5, 0.6) is 0 Å². The summed E-state index contributed by atoms with van der Waals surface area (Å²) in [6.07, 6.45) is -18.2. The smallest absolute Gasteiger partial charge is 0.207 e. The zero-order chi connectivity index (χ0) is 40.0. The zero-order valence-electron chi connectivity index (χ0n) is 28.4. The summed E-state index contributed by atoms with van der Waals surface area (Å²) in [6, 6.07) is 10.4. The minimum absolute atomic E-state index is 0.0646. The highest BCUT2D eigenvalue weighted by molar-refractivity contribution is 5.41. The second-order valence-electron chi connectivity index (χ2n) is 11.6. The largest absolute Gasteiger partial charge is 0.416 e. The molecule has 4 aromatic carbocycles. The maximum Gasteiger partial charge on any atom is 0.416 e. The van der Waals surface area contributed by atoms with E-state index in [4.69, 9.17) is 0 Å². The van der Waals surface area contributed by atoms with E-state index in [-0.39, 0.29) is 27.8 Å². The second-order valence-corrected chi connectivity index (χ2v) is 11.6. The van der Waals surface area contributed by atoms with Gasteiger partial charge in [-0.3, -0.25) is 0 Å². The molecule has 282 valence electrons. The summed E-state index contributed by atoms with van der Waals surface area (Å²) in [6.45, 7) is 10.8. The summed E-state index contributed by atoms with van der Waals surface area (Å²) in [5, 5.41) is 0. The van der Waals surface area contributed by atoms with E-state index < -0.39 is 70.0 Å². The number of halogens is 15. The Morgan fingerprint density at radius 3 is 0.922 bits per heavy atom. The van der Waals surface area contributed by atoms with Crippen molar-refractivity contribution in [3.05, 3.63) is 139 Å². The molecule has 0 bridgehead atoms. The van der Waals surface area contributed by atoms with Crippen LogP contribution in [0.25, 0.3) is 0 Å². The average Bonchev–Trinajstić information content (AvgIpc) is 2.94. The molecule has 0 aliphatic carbocycles. The molecule has 15 heteroatoms. The quantitative estimate of drug-likeness (QED) is 0.157. The van der Waals surface area contributed by atoms with Gasteiger partial charge >= 0.3 is 24.7 Å². The first-order chi connectivity index (χ1) is 22.9. The fourth-order valence-corrected chi connectivity index (χ4v) is 4.37. The Kier molecular flexibility index (Phi) is 14.9. The molecule has 0 radical (unpaired) electrons. The minimum Gasteiger partial charge on any atom is -0.207 e. The molecule has 4 aromatic rings. The van der Waals surface area contributed by atoms with Crippen LogP contribution >= 0.6 is 0 Å². The van der Waals surface area contributed by atoms with Crippen LogP contribution in [0.3, 0.4) is 0 Å². The van der Waals surface area contributed by atoms with Crippen LogP contribution in [0.4, 0.5) is 65.9 Å². The number of rotatable bonds is 0. The molecule has 51 heavy (non-hydrogen) atoms. The Morgan fingerprint density at radius 1 is 0.314 bits per heavy atom. The third kappa shape index (κ3) is 13.5. The first kappa shape index (κ1) is 44.9. The van der Waals surface area contributed by atoms with Crippen LogP contribution in [0.2, 0.25) is 0 Å². The molecule has 0 aromatic heterocycles. The summed E-state index contributed by atoms with van der Waals surface area (Å²) in [7, 11) is 0. The SMILES string of the molecule is Cc1cc(C(F)(F)F)c(C)c(C(F)(F)F)c1.Cc1cc(F)c(C)c(C(F)(F)F)c1.Cc1cc(F)c(C)c(F)c1.Cc1ccc(C)c(C(F)(F)F)c1. The lowest BCUT2D eigenvalue weighted by molar-refractivity contribution is -0.144. The van der Waals surface area contributed by atoms with Crippen molar-refractivity contribution in [3.63, 3.8) is 0 Å². The summed E-state index contributed by atoms with van der Waals surface area (Å²) < 4.78 is 186. The number of alkyl halides is 12. The number of hydrogen-bond acceptors (Lipinski definition) is 0. The maximum absolute atomic E-state index is 12.9. The Bertz CT molecular complexity index is 1730. The monoisotopic (exact) mass is 750 g/mol. The third-order valence-corrected chi connectivity index (χ3v) is 7.08. The van der Waals surface area contributed by atoms with Crippen molar-refractivity contribution in [2.24, 2.45) is 0 Å². The maximum atomic E-state index is 12.9. The molecule has 0 atom stereocenters. The third-order valence-electron chi connectivity index (χ3n) is 7.08. The molecule has 0 spiro atoms. The van der Waals surface area contributed by atoms with E-state index in [0.29, 0.717) is 23.3 Å². The molecule has 0 N–H and O–H groups in total. The number of benzene rings is 4. The number of aryl methyl sites for hydroxylation is 5. The molecule has 0 saturated carbocycles. The summed E-state index contributed by atoms with van der Waals surface area (Å²) in [5.74, 6) is -1.76. The average molecular weight is 751 g/mol. The van der Waals surface area contributed by atoms with Gasteiger partial charge in [0.25, 0.3) is 0 Å². The van der Waals surface area contributed by atoms with Gasteiger partial charge in [-0.2, -0.15) is 52.7 Å². The van der Waals surface area contributed by atoms with Gasteiger partial charge in [0.1, 0.15) is 17.5 Å². The molecule has 0 nitrogen and oxygen atoms in total. The van der Waals surface area contributed by atoms with Crippen LogP contribution in [0.15, 0.2) is 54.6 Å². The van der Waals surface area contributed by atoms with Gasteiger partial charge in [0.05, 0.1) is 22.3 Å². The van der Waals surface area contributed by atoms with E-state index in [1.807, 2.05) is 0 Å². The Balaban J connectivity index is 0.000000344. The van der Waals surface area contributed by atoms with Crippen molar-refractivity contribution in [1.29, 1.82) is 0 Å². The summed E-state index contributed by atoms with van der Waals surface area (Å²) in [5.41, 5.74) is -3.23. The van der Waals surface area contributed by atoms with Crippen LogP contribution in [-0.4, -0.2) is 0 Å². The lowest BCUT2D eigenvalue weighted by Gasteiger charge is -2.17. The predicted molar refractivity (Wildman–Crippen MR) is 164 cm³/mol. The molecule has 0 fully saturated rings. The lowest BCUT2D eigenvalue weighted by Crippen LogP contribution is -2.15. The van der Waals surface area contributed by atoms with Crippen LogP contribution in [0.1, 0.15) is 66.8 Å². The molecule has 0 heterocycles. The minimum atomic E-state index is -4.77. The molecule has 0 aliphatic heterocycles. The first-order valence-corrected chi connectivity index (χ1v) is 14.5. The standard InChI is InChI=1S/C10H8F6.C9H8F4.C9H9F3.C8H8F2/c1-5-3-7(9(11,12)13)6(2)8(4-5)10(14,15)16;1-5-3-7(9(11,12)13)6(2)8(10)4-5;1-6-3-4-7(2)8(5-6)9(10,11)12;1-5-3-7(9)6(2)8(10)4-5/h3-4H,1-2H3;3-4H,1-2H3;3-5H,1-2H3;3-4H,1-2H3. The van der Waals surface area contributed by atoms with E-state index in [1.54, 1.807) is 19.9 Å². The van der Waals surface area contributed by atoms with Gasteiger partial charge in [-0.05, 0) is 131 Å². The fourth-order valence-electron chi connectivity index (χ4n) is 4.37. The van der Waals surface area contributed by atoms with Crippen LogP contribution < -0.4 is 0 Å². The van der Waals surface area contributed by atoms with Crippen molar-refractivity contribution < 1.29 is 65.9 Å². The molecule has 4 rings (SSSR count). The van der Waals surface area contributed by atoms with Crippen LogP contribution in [-0.2, 0) is 24.7 Å². The Morgan fingerprint density at radius 2 is 0.588 bits per heavy atom. The normalized spacial score (nSPS) is 11.8. The molecule has 0 unspecified atom stereocenters. The van der Waals surface area contributed by atoms with E-state index in [1.165, 1.54) is 45.9 Å². The highest BCUT2D eigenvalue weighted by Crippen LogP contribution is 2.40. The highest BCUT2D eigenvalue weighted by Gasteiger charge is 2.39. The van der Waals surface area contributed by atoms with Gasteiger partial charge < -0.3 is 0 Å². The lowest BCUT2D eigenvalue weighted by atomic mass is 9.98. The van der Waals surface area contributed by atoms with Crippen molar-refractivity contribution in [1.82, 2.24) is 0 Å². The zero-order valence-corrected chi connectivity index (χ0v) is 28.4. The molecule has 0 saturated heterocycles. The molecule has 0 aliphatic rings. The van der Waals surface area contributed by atoms with Crippen molar-refractivity contribution in [2.75, 3.05) is 0 Å². The highest BCUT2D eigenvalue weighted by atomic mass is 19.4. The van der Waals surface area contributed by atoms with Gasteiger partial charge in [0.15, 0.2) is 0 Å². The van der Waals surface area contributed by atoms with Crippen molar-refractivity contribution in [3.8, 4) is 0 Å². The topological polar surface area (TPSA) is 0 Å². The van der Waals surface area contributed by atoms with Crippen molar-refractivity contribution >= 4 is 0 Å². The van der Waals surface area contributed by atoms with Gasteiger partial charge in [-0.25, -0.2) is 13.2 Å². The van der Waals surface area contributed by atoms with Crippen molar-refractivity contribution in [2.45, 2.75) is 80.1 Å². The summed E-state index contributed by atoms with van der Waals surface area (Å²) >= 11 is 0. The Labute approximate surface area is 284 Å². The van der Waals surface area contributed by atoms with E-state index in [9.17, 15) is 65.9 Å². The first-order valence-electron chi connectivity index (χ1n) is 14.5. The van der Waals surface area contributed by atoms with Gasteiger partial charge in [0.2, 0.25) is 0 Å². The predicted octanol–water partition coefficient (Wildman–Crippen LogP) is 13.7. The molecule has 0 amide bonds.